The summed E-state index contributed by atoms with van der Waals surface area (Å²) in [7, 11) is 0. The number of imidazole rings is 1. The first-order valence-corrected chi connectivity index (χ1v) is 4.31. The van der Waals surface area contributed by atoms with Crippen LogP contribution in [0.15, 0.2) is 30.7 Å². The fourth-order valence-electron chi connectivity index (χ4n) is 1.26. The monoisotopic (exact) mass is 224 g/mol. The van der Waals surface area contributed by atoms with Crippen molar-refractivity contribution >= 4 is 5.97 Å². The first-order chi connectivity index (χ1) is 7.59. The van der Waals surface area contributed by atoms with Crippen molar-refractivity contribution in [3.8, 4) is 5.69 Å². The summed E-state index contributed by atoms with van der Waals surface area (Å²) < 4.78 is 27.3. The zero-order valence-corrected chi connectivity index (χ0v) is 7.89. The van der Waals surface area contributed by atoms with Gasteiger partial charge in [-0.1, -0.05) is 6.07 Å². The minimum Gasteiger partial charge on any atom is -0.476 e. The third-order valence-electron chi connectivity index (χ3n) is 2.01. The van der Waals surface area contributed by atoms with Gasteiger partial charge in [-0.2, -0.15) is 0 Å². The van der Waals surface area contributed by atoms with Crippen LogP contribution in [0.2, 0.25) is 0 Å². The first kappa shape index (κ1) is 10.3. The minimum absolute atomic E-state index is 0.0833. The third kappa shape index (κ3) is 1.65. The highest BCUT2D eigenvalue weighted by atomic mass is 19.2. The maximum atomic E-state index is 13.3. The largest absolute Gasteiger partial charge is 0.476 e. The second-order valence-corrected chi connectivity index (χ2v) is 3.04. The summed E-state index contributed by atoms with van der Waals surface area (Å²) >= 11 is 0. The lowest BCUT2D eigenvalue weighted by molar-refractivity contribution is 0.0691. The molecular weight excluding hydrogens is 218 g/mol. The standard InChI is InChI=1S/C10H6F2N2O2/c11-6-2-1-3-8(9(6)12)14-4-7(10(15)16)13-5-14/h1-5H,(H,15,16). The summed E-state index contributed by atoms with van der Waals surface area (Å²) in [6.45, 7) is 0. The molecule has 4 nitrogen and oxygen atoms in total. The Morgan fingerprint density at radius 3 is 2.75 bits per heavy atom. The second-order valence-electron chi connectivity index (χ2n) is 3.04. The number of halogens is 2. The van der Waals surface area contributed by atoms with Gasteiger partial charge in [0.2, 0.25) is 0 Å². The van der Waals surface area contributed by atoms with E-state index in [-0.39, 0.29) is 11.4 Å². The molecule has 1 aromatic carbocycles. The number of aromatic carboxylic acids is 1. The number of benzene rings is 1. The molecule has 6 heteroatoms. The fraction of sp³-hybridized carbons (Fsp3) is 0. The topological polar surface area (TPSA) is 55.1 Å². The quantitative estimate of drug-likeness (QED) is 0.846. The lowest BCUT2D eigenvalue weighted by atomic mass is 10.3. The third-order valence-corrected chi connectivity index (χ3v) is 2.01. The van der Waals surface area contributed by atoms with Gasteiger partial charge in [0, 0.05) is 6.20 Å². The molecule has 82 valence electrons. The van der Waals surface area contributed by atoms with Crippen molar-refractivity contribution in [1.82, 2.24) is 9.55 Å². The summed E-state index contributed by atoms with van der Waals surface area (Å²) in [4.78, 5) is 14.1. The van der Waals surface area contributed by atoms with E-state index in [1.54, 1.807) is 0 Å². The predicted molar refractivity (Wildman–Crippen MR) is 50.4 cm³/mol. The van der Waals surface area contributed by atoms with E-state index in [0.717, 1.165) is 23.2 Å². The summed E-state index contributed by atoms with van der Waals surface area (Å²) in [5.41, 5.74) is -0.316. The molecule has 0 amide bonds. The van der Waals surface area contributed by atoms with Crippen LogP contribution < -0.4 is 0 Å². The summed E-state index contributed by atoms with van der Waals surface area (Å²) in [5.74, 6) is -3.27. The van der Waals surface area contributed by atoms with Crippen LogP contribution in [0.4, 0.5) is 8.78 Å². The minimum atomic E-state index is -1.23. The first-order valence-electron chi connectivity index (χ1n) is 4.31. The van der Waals surface area contributed by atoms with E-state index < -0.39 is 17.6 Å². The van der Waals surface area contributed by atoms with Crippen LogP contribution in [0.3, 0.4) is 0 Å². The predicted octanol–water partition coefficient (Wildman–Crippen LogP) is 1.85. The summed E-state index contributed by atoms with van der Waals surface area (Å²) in [5, 5.41) is 8.63. The molecule has 2 rings (SSSR count). The lowest BCUT2D eigenvalue weighted by Gasteiger charge is -2.03. The van der Waals surface area contributed by atoms with E-state index in [2.05, 4.69) is 4.98 Å². The van der Waals surface area contributed by atoms with E-state index in [0.29, 0.717) is 0 Å². The van der Waals surface area contributed by atoms with Crippen molar-refractivity contribution in [2.45, 2.75) is 0 Å². The van der Waals surface area contributed by atoms with E-state index in [1.165, 1.54) is 12.1 Å². The Kier molecular flexibility index (Phi) is 2.40. The molecule has 0 aliphatic rings. The van der Waals surface area contributed by atoms with E-state index in [9.17, 15) is 13.6 Å². The second kappa shape index (κ2) is 3.73. The highest BCUT2D eigenvalue weighted by molar-refractivity contribution is 5.85. The molecule has 16 heavy (non-hydrogen) atoms. The highest BCUT2D eigenvalue weighted by Gasteiger charge is 2.12. The van der Waals surface area contributed by atoms with E-state index in [4.69, 9.17) is 5.11 Å². The van der Waals surface area contributed by atoms with Gasteiger partial charge in [0.25, 0.3) is 0 Å². The molecule has 0 fully saturated rings. The molecule has 0 spiro atoms. The van der Waals surface area contributed by atoms with Gasteiger partial charge in [-0.25, -0.2) is 18.6 Å². The molecule has 0 saturated carbocycles. The number of carboxylic acids is 1. The van der Waals surface area contributed by atoms with Crippen LogP contribution in [-0.4, -0.2) is 20.6 Å². The molecule has 0 atom stereocenters. The fourth-order valence-corrected chi connectivity index (χ4v) is 1.26. The molecule has 1 N–H and O–H groups in total. The van der Waals surface area contributed by atoms with Crippen LogP contribution in [-0.2, 0) is 0 Å². The van der Waals surface area contributed by atoms with Crippen LogP contribution in [0.5, 0.6) is 0 Å². The number of hydrogen-bond donors (Lipinski definition) is 1. The zero-order chi connectivity index (χ0) is 11.7. The van der Waals surface area contributed by atoms with Gasteiger partial charge in [-0.05, 0) is 12.1 Å². The van der Waals surface area contributed by atoms with Crippen molar-refractivity contribution in [3.05, 3.63) is 48.1 Å². The van der Waals surface area contributed by atoms with Crippen LogP contribution >= 0.6 is 0 Å². The van der Waals surface area contributed by atoms with E-state index >= 15 is 0 Å². The number of carboxylic acid groups (broad SMARTS) is 1. The van der Waals surface area contributed by atoms with Gasteiger partial charge in [-0.15, -0.1) is 0 Å². The molecule has 0 aliphatic heterocycles. The average Bonchev–Trinajstić information content (AvgIpc) is 2.71. The summed E-state index contributed by atoms with van der Waals surface area (Å²) in [6.07, 6.45) is 2.22. The Balaban J connectivity index is 2.50. The molecule has 0 saturated heterocycles. The summed E-state index contributed by atoms with van der Waals surface area (Å²) in [6, 6.07) is 3.63. The van der Waals surface area contributed by atoms with Gasteiger partial charge in [0.05, 0.1) is 5.69 Å². The Morgan fingerprint density at radius 2 is 2.12 bits per heavy atom. The van der Waals surface area contributed by atoms with Gasteiger partial charge in [0.1, 0.15) is 6.33 Å². The van der Waals surface area contributed by atoms with Gasteiger partial charge in [0.15, 0.2) is 17.3 Å². The molecule has 1 heterocycles. The van der Waals surface area contributed by atoms with Gasteiger partial charge < -0.3 is 9.67 Å². The normalized spacial score (nSPS) is 10.4. The zero-order valence-electron chi connectivity index (χ0n) is 7.89. The number of rotatable bonds is 2. The van der Waals surface area contributed by atoms with Crippen molar-refractivity contribution in [2.75, 3.05) is 0 Å². The van der Waals surface area contributed by atoms with Gasteiger partial charge in [-0.3, -0.25) is 0 Å². The van der Waals surface area contributed by atoms with Crippen molar-refractivity contribution in [1.29, 1.82) is 0 Å². The van der Waals surface area contributed by atoms with Crippen molar-refractivity contribution in [2.24, 2.45) is 0 Å². The molecule has 0 bridgehead atoms. The number of aromatic nitrogens is 2. The average molecular weight is 224 g/mol. The van der Waals surface area contributed by atoms with Crippen LogP contribution in [0.1, 0.15) is 10.5 Å². The molecule has 0 aliphatic carbocycles. The van der Waals surface area contributed by atoms with Crippen molar-refractivity contribution < 1.29 is 18.7 Å². The van der Waals surface area contributed by atoms with Gasteiger partial charge >= 0.3 is 5.97 Å². The van der Waals surface area contributed by atoms with Crippen molar-refractivity contribution in [3.63, 3.8) is 0 Å². The maximum absolute atomic E-state index is 13.3. The SMILES string of the molecule is O=C(O)c1cn(-c2cccc(F)c2F)cn1. The molecular formula is C10H6F2N2O2. The van der Waals surface area contributed by atoms with E-state index in [1.807, 2.05) is 0 Å². The molecule has 0 unspecified atom stereocenters. The molecule has 1 aromatic heterocycles. The molecule has 2 aromatic rings. The maximum Gasteiger partial charge on any atom is 0.356 e. The lowest BCUT2D eigenvalue weighted by Crippen LogP contribution is -1.98. The molecule has 0 radical (unpaired) electrons. The highest BCUT2D eigenvalue weighted by Crippen LogP contribution is 2.16. The number of carbonyl (C=O) groups is 1. The Labute approximate surface area is 88.8 Å². The number of nitrogens with zero attached hydrogens (tertiary/aromatic N) is 2. The Morgan fingerprint density at radius 1 is 1.38 bits per heavy atom. The van der Waals surface area contributed by atoms with Crippen LogP contribution in [0.25, 0.3) is 5.69 Å². The Hall–Kier alpha value is -2.24. The number of hydrogen-bond acceptors (Lipinski definition) is 2. The van der Waals surface area contributed by atoms with Crippen LogP contribution in [0, 0.1) is 11.6 Å². The Bertz CT molecular complexity index is 552. The smallest absolute Gasteiger partial charge is 0.356 e.